The second-order valence-electron chi connectivity index (χ2n) is 3.32. The molecule has 0 aliphatic rings. The molecular formula is C12H7F3O2. The van der Waals surface area contributed by atoms with Crippen molar-refractivity contribution in [1.29, 1.82) is 0 Å². The van der Waals surface area contributed by atoms with Gasteiger partial charge in [-0.1, -0.05) is 12.1 Å². The van der Waals surface area contributed by atoms with Gasteiger partial charge >= 0.3 is 0 Å². The molecule has 0 aliphatic carbocycles. The van der Waals surface area contributed by atoms with Crippen LogP contribution in [0.15, 0.2) is 34.7 Å². The summed E-state index contributed by atoms with van der Waals surface area (Å²) in [6.45, 7) is 0. The van der Waals surface area contributed by atoms with Crippen LogP contribution in [-0.4, -0.2) is 6.29 Å². The van der Waals surface area contributed by atoms with Crippen LogP contribution in [0.1, 0.15) is 22.5 Å². The molecule has 0 atom stereocenters. The molecule has 17 heavy (non-hydrogen) atoms. The number of alkyl halides is 2. The van der Waals surface area contributed by atoms with Gasteiger partial charge in [-0.2, -0.15) is 0 Å². The largest absolute Gasteiger partial charge is 0.453 e. The maximum absolute atomic E-state index is 13.3. The average Bonchev–Trinajstić information content (AvgIpc) is 2.76. The van der Waals surface area contributed by atoms with Gasteiger partial charge in [0, 0.05) is 5.56 Å². The number of rotatable bonds is 3. The fourth-order valence-electron chi connectivity index (χ4n) is 1.53. The van der Waals surface area contributed by atoms with Crippen molar-refractivity contribution in [3.05, 3.63) is 47.5 Å². The van der Waals surface area contributed by atoms with Crippen LogP contribution in [-0.2, 0) is 0 Å². The lowest BCUT2D eigenvalue weighted by Gasteiger charge is -2.07. The van der Waals surface area contributed by atoms with Crippen molar-refractivity contribution in [3.63, 3.8) is 0 Å². The molecule has 2 aromatic rings. The molecule has 88 valence electrons. The summed E-state index contributed by atoms with van der Waals surface area (Å²) in [6.07, 6.45) is -2.50. The maximum Gasteiger partial charge on any atom is 0.267 e. The second kappa shape index (κ2) is 4.45. The highest BCUT2D eigenvalue weighted by atomic mass is 19.3. The molecule has 0 saturated carbocycles. The van der Waals surface area contributed by atoms with E-state index in [1.165, 1.54) is 24.3 Å². The Labute approximate surface area is 94.7 Å². The summed E-state index contributed by atoms with van der Waals surface area (Å²) in [5.74, 6) is -0.951. The summed E-state index contributed by atoms with van der Waals surface area (Å²) in [7, 11) is 0. The first-order valence-corrected chi connectivity index (χ1v) is 4.75. The van der Waals surface area contributed by atoms with Crippen LogP contribution in [0.3, 0.4) is 0 Å². The first-order valence-electron chi connectivity index (χ1n) is 4.75. The van der Waals surface area contributed by atoms with E-state index in [1.807, 2.05) is 0 Å². The fraction of sp³-hybridized carbons (Fsp3) is 0.0833. The van der Waals surface area contributed by atoms with Crippen LogP contribution >= 0.6 is 0 Å². The van der Waals surface area contributed by atoms with Gasteiger partial charge in [-0.05, 0) is 18.2 Å². The van der Waals surface area contributed by atoms with Crippen LogP contribution in [0, 0.1) is 5.82 Å². The van der Waals surface area contributed by atoms with E-state index in [1.54, 1.807) is 0 Å². The topological polar surface area (TPSA) is 30.2 Å². The summed E-state index contributed by atoms with van der Waals surface area (Å²) < 4.78 is 43.7. The standard InChI is InChI=1S/C12H7F3O2/c13-9-3-1-2-8(11(9)12(14)15)10-5-4-7(6-16)17-10/h1-6,12H. The van der Waals surface area contributed by atoms with Crippen molar-refractivity contribution < 1.29 is 22.4 Å². The quantitative estimate of drug-likeness (QED) is 0.763. The molecule has 0 fully saturated rings. The molecule has 0 spiro atoms. The fourth-order valence-corrected chi connectivity index (χ4v) is 1.53. The van der Waals surface area contributed by atoms with E-state index < -0.39 is 17.8 Å². The monoisotopic (exact) mass is 240 g/mol. The van der Waals surface area contributed by atoms with Crippen molar-refractivity contribution in [3.8, 4) is 11.3 Å². The highest BCUT2D eigenvalue weighted by molar-refractivity contribution is 5.73. The highest BCUT2D eigenvalue weighted by Crippen LogP contribution is 2.33. The predicted molar refractivity (Wildman–Crippen MR) is 54.4 cm³/mol. The minimum atomic E-state index is -2.95. The first kappa shape index (κ1) is 11.4. The number of hydrogen-bond acceptors (Lipinski definition) is 2. The van der Waals surface area contributed by atoms with Gasteiger partial charge in [0.25, 0.3) is 6.43 Å². The van der Waals surface area contributed by atoms with E-state index in [-0.39, 0.29) is 17.1 Å². The van der Waals surface area contributed by atoms with Crippen LogP contribution in [0.2, 0.25) is 0 Å². The Hall–Kier alpha value is -2.04. The van der Waals surface area contributed by atoms with Gasteiger partial charge in [-0.15, -0.1) is 0 Å². The smallest absolute Gasteiger partial charge is 0.267 e. The lowest BCUT2D eigenvalue weighted by molar-refractivity contribution is 0.110. The Morgan fingerprint density at radius 3 is 2.53 bits per heavy atom. The summed E-state index contributed by atoms with van der Waals surface area (Å²) >= 11 is 0. The van der Waals surface area contributed by atoms with Gasteiger partial charge in [-0.3, -0.25) is 4.79 Å². The molecular weight excluding hydrogens is 233 g/mol. The van der Waals surface area contributed by atoms with Crippen LogP contribution < -0.4 is 0 Å². The Bertz CT molecular complexity index is 546. The van der Waals surface area contributed by atoms with Gasteiger partial charge in [0.1, 0.15) is 11.6 Å². The van der Waals surface area contributed by atoms with Gasteiger partial charge in [0.2, 0.25) is 0 Å². The minimum Gasteiger partial charge on any atom is -0.453 e. The lowest BCUT2D eigenvalue weighted by Crippen LogP contribution is -1.94. The second-order valence-corrected chi connectivity index (χ2v) is 3.32. The van der Waals surface area contributed by atoms with Gasteiger partial charge in [0.15, 0.2) is 12.0 Å². The number of hydrogen-bond donors (Lipinski definition) is 0. The number of halogens is 3. The van der Waals surface area contributed by atoms with Crippen molar-refractivity contribution in [1.82, 2.24) is 0 Å². The van der Waals surface area contributed by atoms with Gasteiger partial charge in [-0.25, -0.2) is 13.2 Å². The van der Waals surface area contributed by atoms with E-state index in [0.29, 0.717) is 6.29 Å². The number of carbonyl (C=O) groups excluding carboxylic acids is 1. The Morgan fingerprint density at radius 2 is 1.94 bits per heavy atom. The molecule has 1 heterocycles. The minimum absolute atomic E-state index is 0.00415. The Balaban J connectivity index is 2.58. The van der Waals surface area contributed by atoms with E-state index >= 15 is 0 Å². The number of aldehydes is 1. The highest BCUT2D eigenvalue weighted by Gasteiger charge is 2.20. The summed E-state index contributed by atoms with van der Waals surface area (Å²) in [5, 5.41) is 0. The summed E-state index contributed by atoms with van der Waals surface area (Å²) in [4.78, 5) is 10.4. The Morgan fingerprint density at radius 1 is 1.18 bits per heavy atom. The molecule has 5 heteroatoms. The molecule has 1 aromatic carbocycles. The first-order chi connectivity index (χ1) is 8.13. The zero-order chi connectivity index (χ0) is 12.4. The average molecular weight is 240 g/mol. The number of furan rings is 1. The van der Waals surface area contributed by atoms with E-state index in [4.69, 9.17) is 4.42 Å². The molecule has 1 aromatic heterocycles. The van der Waals surface area contributed by atoms with Crippen LogP contribution in [0.25, 0.3) is 11.3 Å². The van der Waals surface area contributed by atoms with Crippen LogP contribution in [0.4, 0.5) is 13.2 Å². The third kappa shape index (κ3) is 2.08. The molecule has 0 aliphatic heterocycles. The zero-order valence-electron chi connectivity index (χ0n) is 8.49. The van der Waals surface area contributed by atoms with E-state index in [2.05, 4.69) is 0 Å². The Kier molecular flexibility index (Phi) is 2.99. The summed E-state index contributed by atoms with van der Waals surface area (Å²) in [6, 6.07) is 6.26. The van der Waals surface area contributed by atoms with E-state index in [9.17, 15) is 18.0 Å². The van der Waals surface area contributed by atoms with Gasteiger partial charge in [0.05, 0.1) is 5.56 Å². The number of benzene rings is 1. The molecule has 0 bridgehead atoms. The maximum atomic E-state index is 13.3. The number of carbonyl (C=O) groups is 1. The van der Waals surface area contributed by atoms with Crippen molar-refractivity contribution >= 4 is 6.29 Å². The zero-order valence-corrected chi connectivity index (χ0v) is 8.49. The van der Waals surface area contributed by atoms with Crippen molar-refractivity contribution in [2.45, 2.75) is 6.43 Å². The molecule has 0 unspecified atom stereocenters. The molecule has 2 rings (SSSR count). The molecule has 0 saturated heterocycles. The SMILES string of the molecule is O=Cc1ccc(-c2cccc(F)c2C(F)F)o1. The summed E-state index contributed by atoms with van der Waals surface area (Å²) in [5.41, 5.74) is -0.771. The lowest BCUT2D eigenvalue weighted by atomic mass is 10.1. The normalized spacial score (nSPS) is 10.8. The van der Waals surface area contributed by atoms with Crippen LogP contribution in [0.5, 0.6) is 0 Å². The molecule has 0 N–H and O–H groups in total. The molecule has 0 radical (unpaired) electrons. The van der Waals surface area contributed by atoms with E-state index in [0.717, 1.165) is 6.07 Å². The molecule has 2 nitrogen and oxygen atoms in total. The van der Waals surface area contributed by atoms with Crippen molar-refractivity contribution in [2.75, 3.05) is 0 Å². The predicted octanol–water partition coefficient (Wildman–Crippen LogP) is 3.84. The van der Waals surface area contributed by atoms with Gasteiger partial charge < -0.3 is 4.42 Å². The molecule has 0 amide bonds. The third-order valence-corrected chi connectivity index (χ3v) is 2.28. The van der Waals surface area contributed by atoms with Crippen molar-refractivity contribution in [2.24, 2.45) is 0 Å². The third-order valence-electron chi connectivity index (χ3n) is 2.28.